The molecule has 3 aromatic rings. The number of fused-ring (bicyclic) bond motifs is 1. The third-order valence-corrected chi connectivity index (χ3v) is 5.01. The smallest absolute Gasteiger partial charge is 0.153 e. The lowest BCUT2D eigenvalue weighted by molar-refractivity contribution is 0.200. The number of nitrogens with zero attached hydrogens (tertiary/aromatic N) is 4. The van der Waals surface area contributed by atoms with Crippen LogP contribution >= 0.6 is 0 Å². The number of aryl methyl sites for hydroxylation is 2. The van der Waals surface area contributed by atoms with E-state index >= 15 is 0 Å². The van der Waals surface area contributed by atoms with E-state index in [9.17, 15) is 0 Å². The highest BCUT2D eigenvalue weighted by atomic mass is 16.5. The Morgan fingerprint density at radius 2 is 1.85 bits per heavy atom. The average molecular weight is 348 g/mol. The lowest BCUT2D eigenvalue weighted by Crippen LogP contribution is -2.15. The van der Waals surface area contributed by atoms with Gasteiger partial charge in [0.15, 0.2) is 5.82 Å². The second-order valence-electron chi connectivity index (χ2n) is 6.82. The summed E-state index contributed by atoms with van der Waals surface area (Å²) in [5.41, 5.74) is 4.10. The van der Waals surface area contributed by atoms with Gasteiger partial charge in [-0.05, 0) is 42.0 Å². The molecule has 0 atom stereocenters. The summed E-state index contributed by atoms with van der Waals surface area (Å²) in [5.74, 6) is 1.95. The van der Waals surface area contributed by atoms with Gasteiger partial charge in [-0.25, -0.2) is 9.67 Å². The molecule has 1 aromatic carbocycles. The summed E-state index contributed by atoms with van der Waals surface area (Å²) in [6, 6.07) is 13.2. The molecule has 0 bridgehead atoms. The summed E-state index contributed by atoms with van der Waals surface area (Å²) in [6.45, 7) is 0.650. The van der Waals surface area contributed by atoms with E-state index in [-0.39, 0.29) is 0 Å². The fourth-order valence-corrected chi connectivity index (χ4v) is 3.68. The zero-order chi connectivity index (χ0) is 17.8. The predicted molar refractivity (Wildman–Crippen MR) is 100 cm³/mol. The maximum atomic E-state index is 5.20. The molecule has 134 valence electrons. The quantitative estimate of drug-likeness (QED) is 0.659. The van der Waals surface area contributed by atoms with E-state index in [0.717, 1.165) is 43.8 Å². The van der Waals surface area contributed by atoms with Crippen molar-refractivity contribution in [3.05, 3.63) is 77.1 Å². The van der Waals surface area contributed by atoms with Crippen LogP contribution in [0.25, 0.3) is 0 Å². The van der Waals surface area contributed by atoms with Crippen molar-refractivity contribution in [2.75, 3.05) is 13.7 Å². The van der Waals surface area contributed by atoms with Crippen molar-refractivity contribution in [3.63, 3.8) is 0 Å². The van der Waals surface area contributed by atoms with Crippen LogP contribution in [0.3, 0.4) is 0 Å². The van der Waals surface area contributed by atoms with Crippen molar-refractivity contribution in [2.45, 2.75) is 38.1 Å². The van der Waals surface area contributed by atoms with Crippen LogP contribution in [-0.2, 0) is 36.8 Å². The van der Waals surface area contributed by atoms with Gasteiger partial charge in [-0.2, -0.15) is 5.10 Å². The van der Waals surface area contributed by atoms with E-state index in [1.165, 1.54) is 16.7 Å². The Kier molecular flexibility index (Phi) is 5.07. The molecule has 0 saturated carbocycles. The minimum Gasteiger partial charge on any atom is -0.384 e. The number of hydrogen-bond donors (Lipinski definition) is 0. The molecular weight excluding hydrogens is 324 g/mol. The topological polar surface area (TPSA) is 52.8 Å². The molecule has 4 rings (SSSR count). The molecule has 0 aliphatic heterocycles. The fraction of sp³-hybridized carbons (Fsp3) is 0.381. The van der Waals surface area contributed by atoms with Gasteiger partial charge >= 0.3 is 0 Å². The SMILES string of the molecule is COCCc1nc(CCc2cccnc2)n(C2Cc3ccccc3C2)n1. The number of rotatable bonds is 7. The Hall–Kier alpha value is -2.53. The molecule has 0 amide bonds. The van der Waals surface area contributed by atoms with E-state index in [4.69, 9.17) is 14.8 Å². The second kappa shape index (κ2) is 7.79. The zero-order valence-corrected chi connectivity index (χ0v) is 15.1. The van der Waals surface area contributed by atoms with Gasteiger partial charge in [-0.1, -0.05) is 30.3 Å². The van der Waals surface area contributed by atoms with E-state index in [1.54, 1.807) is 7.11 Å². The first-order chi connectivity index (χ1) is 12.8. The van der Waals surface area contributed by atoms with Crippen LogP contribution in [-0.4, -0.2) is 33.5 Å². The molecular formula is C21H24N4O. The second-order valence-corrected chi connectivity index (χ2v) is 6.82. The van der Waals surface area contributed by atoms with Gasteiger partial charge in [-0.15, -0.1) is 0 Å². The van der Waals surface area contributed by atoms with E-state index < -0.39 is 0 Å². The number of pyridine rings is 1. The van der Waals surface area contributed by atoms with Crippen molar-refractivity contribution in [1.82, 2.24) is 19.7 Å². The van der Waals surface area contributed by atoms with Crippen LogP contribution in [0, 0.1) is 0 Å². The lowest BCUT2D eigenvalue weighted by Gasteiger charge is -2.13. The molecule has 1 aliphatic rings. The number of ether oxygens (including phenoxy) is 1. The van der Waals surface area contributed by atoms with Crippen LogP contribution in [0.2, 0.25) is 0 Å². The molecule has 0 saturated heterocycles. The third kappa shape index (κ3) is 3.68. The summed E-state index contributed by atoms with van der Waals surface area (Å²) < 4.78 is 7.37. The zero-order valence-electron chi connectivity index (χ0n) is 15.1. The van der Waals surface area contributed by atoms with Gasteiger partial charge in [0.2, 0.25) is 0 Å². The number of hydrogen-bond acceptors (Lipinski definition) is 4. The van der Waals surface area contributed by atoms with Gasteiger partial charge in [0.25, 0.3) is 0 Å². The van der Waals surface area contributed by atoms with Crippen molar-refractivity contribution in [1.29, 1.82) is 0 Å². The summed E-state index contributed by atoms with van der Waals surface area (Å²) in [6.07, 6.45) is 8.35. The van der Waals surface area contributed by atoms with Gasteiger partial charge < -0.3 is 4.74 Å². The molecule has 26 heavy (non-hydrogen) atoms. The highest BCUT2D eigenvalue weighted by Gasteiger charge is 2.26. The normalized spacial score (nSPS) is 13.9. The van der Waals surface area contributed by atoms with Crippen molar-refractivity contribution < 1.29 is 4.74 Å². The standard InChI is InChI=1S/C21H24N4O/c1-26-12-10-20-23-21(9-8-16-5-4-11-22-15-16)25(24-20)19-13-17-6-2-3-7-18(17)14-19/h2-7,11,15,19H,8-10,12-14H2,1H3. The average Bonchev–Trinajstić information content (AvgIpc) is 3.29. The number of methoxy groups -OCH3 is 1. The van der Waals surface area contributed by atoms with E-state index in [2.05, 4.69) is 40.0 Å². The molecule has 5 nitrogen and oxygen atoms in total. The Bertz CT molecular complexity index is 834. The van der Waals surface area contributed by atoms with Crippen LogP contribution in [0.1, 0.15) is 34.4 Å². The number of benzene rings is 1. The lowest BCUT2D eigenvalue weighted by atomic mass is 10.1. The van der Waals surface area contributed by atoms with Crippen LogP contribution < -0.4 is 0 Å². The van der Waals surface area contributed by atoms with Gasteiger partial charge in [0.05, 0.1) is 12.6 Å². The van der Waals surface area contributed by atoms with Gasteiger partial charge in [-0.3, -0.25) is 4.98 Å². The first kappa shape index (κ1) is 16.9. The Balaban J connectivity index is 1.55. The number of aromatic nitrogens is 4. The molecule has 2 aromatic heterocycles. The molecule has 0 unspecified atom stereocenters. The van der Waals surface area contributed by atoms with Crippen LogP contribution in [0.15, 0.2) is 48.8 Å². The maximum absolute atomic E-state index is 5.20. The van der Waals surface area contributed by atoms with E-state index in [1.807, 2.05) is 18.5 Å². The Labute approximate surface area is 154 Å². The van der Waals surface area contributed by atoms with Crippen molar-refractivity contribution in [2.24, 2.45) is 0 Å². The first-order valence-corrected chi connectivity index (χ1v) is 9.22. The summed E-state index contributed by atoms with van der Waals surface area (Å²) in [7, 11) is 1.72. The van der Waals surface area contributed by atoms with Crippen molar-refractivity contribution in [3.8, 4) is 0 Å². The first-order valence-electron chi connectivity index (χ1n) is 9.22. The molecule has 5 heteroatoms. The van der Waals surface area contributed by atoms with Crippen molar-refractivity contribution >= 4 is 0 Å². The minimum absolute atomic E-state index is 0.361. The Morgan fingerprint density at radius 3 is 2.54 bits per heavy atom. The summed E-state index contributed by atoms with van der Waals surface area (Å²) >= 11 is 0. The van der Waals surface area contributed by atoms with E-state index in [0.29, 0.717) is 12.6 Å². The van der Waals surface area contributed by atoms with Gasteiger partial charge in [0.1, 0.15) is 5.82 Å². The Morgan fingerprint density at radius 1 is 1.04 bits per heavy atom. The molecule has 0 radical (unpaired) electrons. The fourth-order valence-electron chi connectivity index (χ4n) is 3.68. The molecule has 2 heterocycles. The third-order valence-electron chi connectivity index (χ3n) is 5.01. The maximum Gasteiger partial charge on any atom is 0.153 e. The molecule has 0 fully saturated rings. The molecule has 0 N–H and O–H groups in total. The largest absolute Gasteiger partial charge is 0.384 e. The predicted octanol–water partition coefficient (Wildman–Crippen LogP) is 2.99. The van der Waals surface area contributed by atoms with Crippen LogP contribution in [0.4, 0.5) is 0 Å². The highest BCUT2D eigenvalue weighted by molar-refractivity contribution is 5.33. The summed E-state index contributed by atoms with van der Waals surface area (Å²) in [5, 5.41) is 4.83. The highest BCUT2D eigenvalue weighted by Crippen LogP contribution is 2.30. The summed E-state index contributed by atoms with van der Waals surface area (Å²) in [4.78, 5) is 9.03. The van der Waals surface area contributed by atoms with Crippen LogP contribution in [0.5, 0.6) is 0 Å². The van der Waals surface area contributed by atoms with Gasteiger partial charge in [0, 0.05) is 32.3 Å². The monoisotopic (exact) mass is 348 g/mol. The molecule has 1 aliphatic carbocycles. The molecule has 0 spiro atoms. The minimum atomic E-state index is 0.361.